The van der Waals surface area contributed by atoms with Gasteiger partial charge < -0.3 is 4.90 Å². The van der Waals surface area contributed by atoms with Gasteiger partial charge in [0.25, 0.3) is 5.69 Å². The van der Waals surface area contributed by atoms with Crippen LogP contribution in [-0.2, 0) is 11.3 Å². The number of nitro groups is 1. The van der Waals surface area contributed by atoms with E-state index in [9.17, 15) is 19.3 Å². The Morgan fingerprint density at radius 3 is 2.61 bits per heavy atom. The van der Waals surface area contributed by atoms with Crippen LogP contribution in [0.2, 0.25) is 0 Å². The Morgan fingerprint density at radius 2 is 1.96 bits per heavy atom. The number of non-ortho nitro benzene ring substituents is 1. The fourth-order valence-corrected chi connectivity index (χ4v) is 3.21. The van der Waals surface area contributed by atoms with E-state index in [1.165, 1.54) is 18.2 Å². The topological polar surface area (TPSA) is 66.7 Å². The van der Waals surface area contributed by atoms with Crippen molar-refractivity contribution in [2.45, 2.75) is 38.4 Å². The molecule has 1 fully saturated rings. The Bertz CT molecular complexity index is 869. The van der Waals surface area contributed by atoms with Crippen molar-refractivity contribution in [3.05, 3.63) is 75.6 Å². The van der Waals surface area contributed by atoms with Crippen LogP contribution in [0.3, 0.4) is 0 Å². The maximum atomic E-state index is 14.0. The van der Waals surface area contributed by atoms with Gasteiger partial charge in [-0.25, -0.2) is 4.39 Å². The normalized spacial score (nSPS) is 14.7. The molecule has 0 bridgehead atoms. The van der Waals surface area contributed by atoms with E-state index in [1.54, 1.807) is 29.2 Å². The first-order chi connectivity index (χ1) is 13.4. The fourth-order valence-electron chi connectivity index (χ4n) is 3.21. The minimum Gasteiger partial charge on any atom is -0.334 e. The number of rotatable bonds is 8. The second-order valence-corrected chi connectivity index (χ2v) is 7.29. The van der Waals surface area contributed by atoms with Gasteiger partial charge in [-0.3, -0.25) is 19.8 Å². The van der Waals surface area contributed by atoms with Gasteiger partial charge in [0, 0.05) is 36.3 Å². The van der Waals surface area contributed by atoms with Crippen LogP contribution in [0.25, 0.3) is 0 Å². The standard InChI is InChI=1S/C21H24FN3O3/c1-15(16-7-5-8-19(12-16)25(27)28)23(2)14-21(26)24(18-10-11-18)13-17-6-3-4-9-20(17)22/h3-9,12,15,18H,10-11,13-14H2,1-2H3/t15-/m0/s1. The molecular weight excluding hydrogens is 361 g/mol. The summed E-state index contributed by atoms with van der Waals surface area (Å²) in [5.41, 5.74) is 1.32. The number of nitrogens with zero attached hydrogens (tertiary/aromatic N) is 3. The number of halogens is 1. The van der Waals surface area contributed by atoms with Gasteiger partial charge in [0.1, 0.15) is 5.82 Å². The molecule has 2 aromatic rings. The van der Waals surface area contributed by atoms with E-state index in [2.05, 4.69) is 0 Å². The quantitative estimate of drug-likeness (QED) is 0.510. The SMILES string of the molecule is C[C@@H](c1cccc([N+](=O)[O-])c1)N(C)CC(=O)N(Cc1ccccc1F)C1CC1. The number of carbonyl (C=O) groups is 1. The summed E-state index contributed by atoms with van der Waals surface area (Å²) < 4.78 is 14.0. The lowest BCUT2D eigenvalue weighted by Crippen LogP contribution is -2.40. The van der Waals surface area contributed by atoms with Crippen LogP contribution in [0.1, 0.15) is 36.9 Å². The monoisotopic (exact) mass is 385 g/mol. The van der Waals surface area contributed by atoms with Crippen molar-refractivity contribution in [3.63, 3.8) is 0 Å². The second kappa shape index (κ2) is 8.48. The number of likely N-dealkylation sites (N-methyl/N-ethyl adjacent to an activating group) is 1. The average molecular weight is 385 g/mol. The summed E-state index contributed by atoms with van der Waals surface area (Å²) in [6, 6.07) is 12.9. The van der Waals surface area contributed by atoms with Crippen LogP contribution in [0.15, 0.2) is 48.5 Å². The lowest BCUT2D eigenvalue weighted by Gasteiger charge is -2.29. The van der Waals surface area contributed by atoms with Crippen molar-refractivity contribution in [2.75, 3.05) is 13.6 Å². The van der Waals surface area contributed by atoms with E-state index in [1.807, 2.05) is 24.9 Å². The highest BCUT2D eigenvalue weighted by molar-refractivity contribution is 5.79. The van der Waals surface area contributed by atoms with E-state index in [-0.39, 0.29) is 42.6 Å². The minimum atomic E-state index is -0.426. The van der Waals surface area contributed by atoms with E-state index in [4.69, 9.17) is 0 Å². The first-order valence-corrected chi connectivity index (χ1v) is 9.34. The molecule has 6 nitrogen and oxygen atoms in total. The van der Waals surface area contributed by atoms with Crippen molar-refractivity contribution in [1.82, 2.24) is 9.80 Å². The molecule has 0 N–H and O–H groups in total. The highest BCUT2D eigenvalue weighted by atomic mass is 19.1. The molecule has 0 radical (unpaired) electrons. The predicted octanol–water partition coefficient (Wildman–Crippen LogP) is 3.92. The van der Waals surface area contributed by atoms with Gasteiger partial charge in [-0.05, 0) is 38.4 Å². The van der Waals surface area contributed by atoms with Crippen molar-refractivity contribution < 1.29 is 14.1 Å². The first-order valence-electron chi connectivity index (χ1n) is 9.34. The van der Waals surface area contributed by atoms with Crippen LogP contribution in [0, 0.1) is 15.9 Å². The molecule has 1 amide bonds. The highest BCUT2D eigenvalue weighted by Gasteiger charge is 2.33. The lowest BCUT2D eigenvalue weighted by atomic mass is 10.1. The maximum Gasteiger partial charge on any atom is 0.269 e. The van der Waals surface area contributed by atoms with Gasteiger partial charge in [0.2, 0.25) is 5.91 Å². The molecule has 7 heteroatoms. The number of nitro benzene ring substituents is 1. The van der Waals surface area contributed by atoms with Gasteiger partial charge in [0.15, 0.2) is 0 Å². The predicted molar refractivity (Wildman–Crippen MR) is 104 cm³/mol. The van der Waals surface area contributed by atoms with Crippen molar-refractivity contribution in [2.24, 2.45) is 0 Å². The van der Waals surface area contributed by atoms with E-state index < -0.39 is 4.92 Å². The molecule has 0 aromatic heterocycles. The second-order valence-electron chi connectivity index (χ2n) is 7.29. The van der Waals surface area contributed by atoms with E-state index in [0.717, 1.165) is 18.4 Å². The Labute approximate surface area is 163 Å². The molecule has 28 heavy (non-hydrogen) atoms. The molecule has 1 atom stereocenters. The number of amides is 1. The molecule has 0 heterocycles. The number of benzene rings is 2. The third-order valence-electron chi connectivity index (χ3n) is 5.22. The number of hydrogen-bond acceptors (Lipinski definition) is 4. The molecule has 148 valence electrons. The van der Waals surface area contributed by atoms with Gasteiger partial charge in [-0.15, -0.1) is 0 Å². The molecule has 0 spiro atoms. The molecule has 1 saturated carbocycles. The molecular formula is C21H24FN3O3. The lowest BCUT2D eigenvalue weighted by molar-refractivity contribution is -0.384. The van der Waals surface area contributed by atoms with Gasteiger partial charge in [0.05, 0.1) is 11.5 Å². The Kier molecular flexibility index (Phi) is 6.04. The van der Waals surface area contributed by atoms with Crippen LogP contribution >= 0.6 is 0 Å². The summed E-state index contributed by atoms with van der Waals surface area (Å²) >= 11 is 0. The molecule has 0 aliphatic heterocycles. The molecule has 2 aromatic carbocycles. The summed E-state index contributed by atoms with van der Waals surface area (Å²) in [5, 5.41) is 11.0. The van der Waals surface area contributed by atoms with Crippen LogP contribution in [0.5, 0.6) is 0 Å². The zero-order valence-electron chi connectivity index (χ0n) is 16.0. The Hall–Kier alpha value is -2.80. The summed E-state index contributed by atoms with van der Waals surface area (Å²) in [5.74, 6) is -0.371. The largest absolute Gasteiger partial charge is 0.334 e. The van der Waals surface area contributed by atoms with Gasteiger partial charge >= 0.3 is 0 Å². The molecule has 1 aliphatic carbocycles. The Balaban J connectivity index is 1.68. The zero-order chi connectivity index (χ0) is 20.3. The highest BCUT2D eigenvalue weighted by Crippen LogP contribution is 2.30. The Morgan fingerprint density at radius 1 is 1.25 bits per heavy atom. The molecule has 3 rings (SSSR count). The third kappa shape index (κ3) is 4.72. The summed E-state index contributed by atoms with van der Waals surface area (Å²) in [6.45, 7) is 2.33. The van der Waals surface area contributed by atoms with Gasteiger partial charge in [-0.1, -0.05) is 30.3 Å². The zero-order valence-corrected chi connectivity index (χ0v) is 16.0. The average Bonchev–Trinajstić information content (AvgIpc) is 3.51. The first kappa shape index (κ1) is 19.9. The van der Waals surface area contributed by atoms with Crippen molar-refractivity contribution >= 4 is 11.6 Å². The van der Waals surface area contributed by atoms with Crippen molar-refractivity contribution in [1.29, 1.82) is 0 Å². The molecule has 1 aliphatic rings. The van der Waals surface area contributed by atoms with Crippen LogP contribution in [0.4, 0.5) is 10.1 Å². The molecule has 0 unspecified atom stereocenters. The summed E-state index contributed by atoms with van der Waals surface area (Å²) in [6.07, 6.45) is 1.87. The summed E-state index contributed by atoms with van der Waals surface area (Å²) in [4.78, 5) is 27.1. The number of carbonyl (C=O) groups excluding carboxylic acids is 1. The fraction of sp³-hybridized carbons (Fsp3) is 0.381. The third-order valence-corrected chi connectivity index (χ3v) is 5.22. The number of hydrogen-bond donors (Lipinski definition) is 0. The van der Waals surface area contributed by atoms with Gasteiger partial charge in [-0.2, -0.15) is 0 Å². The van der Waals surface area contributed by atoms with Crippen LogP contribution in [-0.4, -0.2) is 40.3 Å². The van der Waals surface area contributed by atoms with Crippen LogP contribution < -0.4 is 0 Å². The van der Waals surface area contributed by atoms with E-state index in [0.29, 0.717) is 5.56 Å². The smallest absolute Gasteiger partial charge is 0.269 e. The minimum absolute atomic E-state index is 0.0308. The summed E-state index contributed by atoms with van der Waals surface area (Å²) in [7, 11) is 1.82. The molecule has 0 saturated heterocycles. The maximum absolute atomic E-state index is 14.0. The van der Waals surface area contributed by atoms with Crippen molar-refractivity contribution in [3.8, 4) is 0 Å². The van der Waals surface area contributed by atoms with E-state index >= 15 is 0 Å².